The van der Waals surface area contributed by atoms with Gasteiger partial charge >= 0.3 is 0 Å². The molecule has 4 heteroatoms. The van der Waals surface area contributed by atoms with Crippen molar-refractivity contribution in [3.63, 3.8) is 0 Å². The molecule has 0 fully saturated rings. The van der Waals surface area contributed by atoms with Crippen molar-refractivity contribution in [1.82, 2.24) is 4.90 Å². The Labute approximate surface area is 137 Å². The fourth-order valence-electron chi connectivity index (χ4n) is 2.86. The fourth-order valence-corrected chi connectivity index (χ4v) is 3.75. The molecule has 112 valence electrons. The number of amides is 2. The summed E-state index contributed by atoms with van der Waals surface area (Å²) in [5, 5.41) is 2.00. The summed E-state index contributed by atoms with van der Waals surface area (Å²) in [5.41, 5.74) is 3.16. The van der Waals surface area contributed by atoms with Gasteiger partial charge in [0.1, 0.15) is 0 Å². The molecule has 1 aromatic heterocycles. The highest BCUT2D eigenvalue weighted by Crippen LogP contribution is 2.32. The number of fused-ring (bicyclic) bond motifs is 1. The Morgan fingerprint density at radius 1 is 0.739 bits per heavy atom. The second kappa shape index (κ2) is 5.48. The highest BCUT2D eigenvalue weighted by Gasteiger charge is 2.35. The molecule has 4 rings (SSSR count). The van der Waals surface area contributed by atoms with Crippen LogP contribution in [0.5, 0.6) is 0 Å². The van der Waals surface area contributed by atoms with Gasteiger partial charge in [0.15, 0.2) is 0 Å². The molecule has 0 saturated heterocycles. The number of imide groups is 1. The number of thiophene rings is 1. The Kier molecular flexibility index (Phi) is 3.32. The molecule has 3 aromatic rings. The summed E-state index contributed by atoms with van der Waals surface area (Å²) in [6.45, 7) is 0.314. The van der Waals surface area contributed by atoms with Crippen LogP contribution in [0.2, 0.25) is 0 Å². The maximum absolute atomic E-state index is 12.5. The Morgan fingerprint density at radius 2 is 1.35 bits per heavy atom. The molecule has 1 aliphatic heterocycles. The predicted molar refractivity (Wildman–Crippen MR) is 90.4 cm³/mol. The molecule has 2 amide bonds. The van der Waals surface area contributed by atoms with Crippen molar-refractivity contribution in [3.8, 4) is 11.1 Å². The lowest BCUT2D eigenvalue weighted by Crippen LogP contribution is -2.28. The van der Waals surface area contributed by atoms with E-state index in [0.29, 0.717) is 17.7 Å². The first-order valence-electron chi connectivity index (χ1n) is 7.33. The van der Waals surface area contributed by atoms with Crippen LogP contribution in [0.3, 0.4) is 0 Å². The van der Waals surface area contributed by atoms with Crippen molar-refractivity contribution in [3.05, 3.63) is 82.0 Å². The second-order valence-electron chi connectivity index (χ2n) is 5.37. The van der Waals surface area contributed by atoms with Crippen molar-refractivity contribution in [2.75, 3.05) is 0 Å². The maximum Gasteiger partial charge on any atom is 0.261 e. The maximum atomic E-state index is 12.5. The Bertz CT molecular complexity index is 863. The minimum Gasteiger partial charge on any atom is -0.269 e. The van der Waals surface area contributed by atoms with Crippen LogP contribution >= 0.6 is 11.3 Å². The molecular weight excluding hydrogens is 306 g/mol. The molecule has 1 aliphatic rings. The zero-order valence-corrected chi connectivity index (χ0v) is 13.0. The van der Waals surface area contributed by atoms with Crippen LogP contribution in [0.15, 0.2) is 66.0 Å². The van der Waals surface area contributed by atoms with Crippen molar-refractivity contribution >= 4 is 23.2 Å². The summed E-state index contributed by atoms with van der Waals surface area (Å²) in [4.78, 5) is 27.3. The van der Waals surface area contributed by atoms with Crippen LogP contribution in [0, 0.1) is 0 Å². The number of carbonyl (C=O) groups is 2. The van der Waals surface area contributed by atoms with Gasteiger partial charge in [-0.05, 0) is 34.7 Å². The smallest absolute Gasteiger partial charge is 0.261 e. The van der Waals surface area contributed by atoms with Crippen LogP contribution in [0.1, 0.15) is 25.6 Å². The van der Waals surface area contributed by atoms with E-state index in [1.807, 2.05) is 41.8 Å². The highest BCUT2D eigenvalue weighted by atomic mass is 32.1. The van der Waals surface area contributed by atoms with Gasteiger partial charge in [0.05, 0.1) is 17.7 Å². The minimum absolute atomic E-state index is 0.210. The van der Waals surface area contributed by atoms with Crippen molar-refractivity contribution in [1.29, 1.82) is 0 Å². The molecule has 0 unspecified atom stereocenters. The third-order valence-electron chi connectivity index (χ3n) is 4.01. The van der Waals surface area contributed by atoms with E-state index in [1.165, 1.54) is 4.90 Å². The molecule has 23 heavy (non-hydrogen) atoms. The molecule has 0 N–H and O–H groups in total. The van der Waals surface area contributed by atoms with E-state index in [4.69, 9.17) is 0 Å². The fraction of sp³-hybridized carbons (Fsp3) is 0.0526. The second-order valence-corrected chi connectivity index (χ2v) is 6.37. The monoisotopic (exact) mass is 319 g/mol. The third kappa shape index (κ3) is 2.28. The number of benzene rings is 2. The Balaban J connectivity index is 1.68. The average Bonchev–Trinajstić information content (AvgIpc) is 3.15. The molecule has 0 atom stereocenters. The molecule has 0 saturated carbocycles. The topological polar surface area (TPSA) is 37.4 Å². The van der Waals surface area contributed by atoms with E-state index in [-0.39, 0.29) is 11.8 Å². The molecule has 0 radical (unpaired) electrons. The van der Waals surface area contributed by atoms with Gasteiger partial charge in [-0.2, -0.15) is 0 Å². The molecule has 2 aromatic carbocycles. The molecule has 0 spiro atoms. The van der Waals surface area contributed by atoms with Crippen LogP contribution in [-0.4, -0.2) is 16.7 Å². The normalized spacial score (nSPS) is 13.5. The first-order chi connectivity index (χ1) is 11.3. The van der Waals surface area contributed by atoms with Crippen molar-refractivity contribution < 1.29 is 9.59 Å². The molecule has 2 heterocycles. The number of rotatable bonds is 3. The molecular formula is C19H13NO2S. The van der Waals surface area contributed by atoms with Gasteiger partial charge in [0.25, 0.3) is 11.8 Å². The SMILES string of the molecule is O=C1c2ccccc2C(=O)N1Cc1sccc1-c1ccccc1. The van der Waals surface area contributed by atoms with E-state index in [0.717, 1.165) is 16.0 Å². The van der Waals surface area contributed by atoms with Gasteiger partial charge in [0, 0.05) is 4.88 Å². The largest absolute Gasteiger partial charge is 0.269 e. The third-order valence-corrected chi connectivity index (χ3v) is 4.92. The Hall–Kier alpha value is -2.72. The summed E-state index contributed by atoms with van der Waals surface area (Å²) in [5.74, 6) is -0.420. The summed E-state index contributed by atoms with van der Waals surface area (Å²) in [7, 11) is 0. The number of carbonyl (C=O) groups excluding carboxylic acids is 2. The lowest BCUT2D eigenvalue weighted by molar-refractivity contribution is 0.0644. The lowest BCUT2D eigenvalue weighted by atomic mass is 10.1. The van der Waals surface area contributed by atoms with Gasteiger partial charge in [-0.15, -0.1) is 11.3 Å². The van der Waals surface area contributed by atoms with Crippen LogP contribution in [-0.2, 0) is 6.54 Å². The van der Waals surface area contributed by atoms with Gasteiger partial charge in [-0.3, -0.25) is 14.5 Å². The summed E-state index contributed by atoms with van der Waals surface area (Å²) < 4.78 is 0. The zero-order chi connectivity index (χ0) is 15.8. The summed E-state index contributed by atoms with van der Waals surface area (Å²) in [6.07, 6.45) is 0. The number of hydrogen-bond donors (Lipinski definition) is 0. The van der Waals surface area contributed by atoms with Gasteiger partial charge < -0.3 is 0 Å². The first-order valence-corrected chi connectivity index (χ1v) is 8.20. The van der Waals surface area contributed by atoms with Crippen molar-refractivity contribution in [2.24, 2.45) is 0 Å². The van der Waals surface area contributed by atoms with Crippen LogP contribution < -0.4 is 0 Å². The summed E-state index contributed by atoms with van der Waals surface area (Å²) >= 11 is 1.57. The van der Waals surface area contributed by atoms with Crippen LogP contribution in [0.4, 0.5) is 0 Å². The Morgan fingerprint density at radius 3 is 2.00 bits per heavy atom. The quantitative estimate of drug-likeness (QED) is 0.678. The zero-order valence-electron chi connectivity index (χ0n) is 12.2. The van der Waals surface area contributed by atoms with Gasteiger partial charge in [-0.1, -0.05) is 42.5 Å². The van der Waals surface area contributed by atoms with Gasteiger partial charge in [-0.25, -0.2) is 0 Å². The van der Waals surface area contributed by atoms with E-state index in [2.05, 4.69) is 0 Å². The van der Waals surface area contributed by atoms with E-state index in [9.17, 15) is 9.59 Å². The molecule has 0 aliphatic carbocycles. The number of hydrogen-bond acceptors (Lipinski definition) is 3. The van der Waals surface area contributed by atoms with E-state index >= 15 is 0 Å². The summed E-state index contributed by atoms with van der Waals surface area (Å²) in [6, 6.07) is 19.0. The number of nitrogens with zero attached hydrogens (tertiary/aromatic N) is 1. The molecule has 0 bridgehead atoms. The van der Waals surface area contributed by atoms with Crippen molar-refractivity contribution in [2.45, 2.75) is 6.54 Å². The average molecular weight is 319 g/mol. The predicted octanol–water partition coefficient (Wildman–Crippen LogP) is 4.21. The first kappa shape index (κ1) is 13.9. The molecule has 3 nitrogen and oxygen atoms in total. The van der Waals surface area contributed by atoms with Gasteiger partial charge in [0.2, 0.25) is 0 Å². The minimum atomic E-state index is -0.210. The highest BCUT2D eigenvalue weighted by molar-refractivity contribution is 7.10. The lowest BCUT2D eigenvalue weighted by Gasteiger charge is -2.14. The standard InChI is InChI=1S/C19H13NO2S/c21-18-15-8-4-5-9-16(15)19(22)20(18)12-17-14(10-11-23-17)13-6-2-1-3-7-13/h1-11H,12H2. The van der Waals surface area contributed by atoms with E-state index in [1.54, 1.807) is 35.6 Å². The van der Waals surface area contributed by atoms with Crippen LogP contribution in [0.25, 0.3) is 11.1 Å². The van der Waals surface area contributed by atoms with E-state index < -0.39 is 0 Å².